The molecule has 0 aliphatic carbocycles. The fraction of sp³-hybridized carbons (Fsp3) is 0.400. The van der Waals surface area contributed by atoms with Crippen LogP contribution < -0.4 is 0 Å². The van der Waals surface area contributed by atoms with Gasteiger partial charge in [0, 0.05) is 12.1 Å². The summed E-state index contributed by atoms with van der Waals surface area (Å²) in [6.07, 6.45) is 4.79. The number of rotatable bonds is 4. The first-order valence-corrected chi connectivity index (χ1v) is 3.99. The minimum absolute atomic E-state index is 0.00170. The lowest BCUT2D eigenvalue weighted by atomic mass is 10.1. The number of ketones is 1. The zero-order valence-electron chi connectivity index (χ0n) is 7.87. The zero-order chi connectivity index (χ0) is 9.56. The summed E-state index contributed by atoms with van der Waals surface area (Å²) >= 11 is 0. The molecule has 0 unspecified atom stereocenters. The highest BCUT2D eigenvalue weighted by atomic mass is 16.1. The summed E-state index contributed by atoms with van der Waals surface area (Å²) in [4.78, 5) is 15.3. The van der Waals surface area contributed by atoms with Crippen molar-refractivity contribution in [3.63, 3.8) is 0 Å². The second-order valence-electron chi connectivity index (χ2n) is 2.71. The minimum atomic E-state index is -0.00170. The maximum atomic E-state index is 11.4. The molecule has 66 valence electrons. The first-order valence-electron chi connectivity index (χ1n) is 3.99. The topological polar surface area (TPSA) is 29.4 Å². The molecule has 2 heteroatoms. The second-order valence-corrected chi connectivity index (χ2v) is 2.71. The van der Waals surface area contributed by atoms with E-state index in [0.717, 1.165) is 0 Å². The third-order valence-electron chi connectivity index (χ3n) is 1.37. The number of hydrogen-bond acceptors (Lipinski definition) is 2. The van der Waals surface area contributed by atoms with Crippen molar-refractivity contribution in [3.05, 3.63) is 24.4 Å². The average Bonchev–Trinajstić information content (AvgIpc) is 2.05. The Kier molecular flexibility index (Phi) is 4.93. The highest BCUT2D eigenvalue weighted by Gasteiger charge is 2.10. The molecule has 0 bridgehead atoms. The monoisotopic (exact) mass is 165 g/mol. The Morgan fingerprint density at radius 3 is 2.42 bits per heavy atom. The van der Waals surface area contributed by atoms with Gasteiger partial charge in [0.15, 0.2) is 5.78 Å². The summed E-state index contributed by atoms with van der Waals surface area (Å²) in [5.41, 5.74) is 0.505. The lowest BCUT2D eigenvalue weighted by molar-refractivity contribution is -0.118. The van der Waals surface area contributed by atoms with Gasteiger partial charge < -0.3 is 0 Å². The van der Waals surface area contributed by atoms with Crippen molar-refractivity contribution < 1.29 is 4.79 Å². The molecule has 0 saturated carbocycles. The van der Waals surface area contributed by atoms with Crippen LogP contribution in [0, 0.1) is 5.92 Å². The highest BCUT2D eigenvalue weighted by molar-refractivity contribution is 5.97. The van der Waals surface area contributed by atoms with E-state index < -0.39 is 0 Å². The summed E-state index contributed by atoms with van der Waals surface area (Å²) in [7, 11) is 0. The highest BCUT2D eigenvalue weighted by Crippen LogP contribution is 2.06. The molecule has 0 aromatic rings. The predicted molar refractivity (Wildman–Crippen MR) is 52.3 cm³/mol. The van der Waals surface area contributed by atoms with E-state index in [4.69, 9.17) is 0 Å². The van der Waals surface area contributed by atoms with Crippen LogP contribution in [0.2, 0.25) is 0 Å². The van der Waals surface area contributed by atoms with Crippen LogP contribution in [-0.2, 0) is 4.79 Å². The lowest BCUT2D eigenvalue weighted by Crippen LogP contribution is -2.08. The van der Waals surface area contributed by atoms with E-state index in [1.165, 1.54) is 6.21 Å². The molecule has 0 aliphatic rings. The molecule has 12 heavy (non-hydrogen) atoms. The van der Waals surface area contributed by atoms with E-state index in [9.17, 15) is 4.79 Å². The molecule has 0 spiro atoms. The minimum Gasteiger partial charge on any atom is -0.292 e. The van der Waals surface area contributed by atoms with Gasteiger partial charge in [0.2, 0.25) is 0 Å². The fourth-order valence-corrected chi connectivity index (χ4v) is 0.709. The smallest absolute Gasteiger partial charge is 0.183 e. The Balaban J connectivity index is 4.48. The van der Waals surface area contributed by atoms with Gasteiger partial charge in [-0.1, -0.05) is 32.6 Å². The quantitative estimate of drug-likeness (QED) is 0.464. The van der Waals surface area contributed by atoms with Crippen molar-refractivity contribution in [1.82, 2.24) is 0 Å². The van der Waals surface area contributed by atoms with E-state index in [1.807, 2.05) is 13.8 Å². The largest absolute Gasteiger partial charge is 0.292 e. The Morgan fingerprint density at radius 1 is 1.50 bits per heavy atom. The normalized spacial score (nSPS) is 12.5. The average molecular weight is 165 g/mol. The zero-order valence-corrected chi connectivity index (χ0v) is 7.87. The van der Waals surface area contributed by atoms with Gasteiger partial charge in [-0.2, -0.15) is 0 Å². The molecule has 0 N–H and O–H groups in total. The molecular formula is C10H15NO. The molecule has 0 rings (SSSR count). The van der Waals surface area contributed by atoms with Crippen LogP contribution in [-0.4, -0.2) is 12.0 Å². The van der Waals surface area contributed by atoms with E-state index >= 15 is 0 Å². The summed E-state index contributed by atoms with van der Waals surface area (Å²) in [5.74, 6) is 0.0637. The van der Waals surface area contributed by atoms with E-state index in [-0.39, 0.29) is 11.7 Å². The van der Waals surface area contributed by atoms with Crippen LogP contribution in [0.4, 0.5) is 0 Å². The number of carbonyl (C=O) groups excluding carboxylic acids is 1. The molecule has 0 saturated heterocycles. The number of carbonyl (C=O) groups is 1. The van der Waals surface area contributed by atoms with E-state index in [2.05, 4.69) is 11.6 Å². The SMILES string of the molecule is C=CC=N/C(=C/C)C(=O)C(C)C. The Hall–Kier alpha value is -1.18. The van der Waals surface area contributed by atoms with E-state index in [0.29, 0.717) is 5.70 Å². The van der Waals surface area contributed by atoms with Gasteiger partial charge in [-0.15, -0.1) is 0 Å². The number of nitrogens with zero attached hydrogens (tertiary/aromatic N) is 1. The summed E-state index contributed by atoms with van der Waals surface area (Å²) in [5, 5.41) is 0. The van der Waals surface area contributed by atoms with Gasteiger partial charge in [-0.3, -0.25) is 9.79 Å². The molecule has 0 radical (unpaired) electrons. The number of Topliss-reactive ketones (excluding diaryl/α,β-unsaturated/α-hetero) is 1. The molecule has 0 amide bonds. The van der Waals surface area contributed by atoms with Crippen LogP contribution in [0.3, 0.4) is 0 Å². The van der Waals surface area contributed by atoms with Gasteiger partial charge in [-0.25, -0.2) is 0 Å². The van der Waals surface area contributed by atoms with E-state index in [1.54, 1.807) is 19.1 Å². The number of allylic oxidation sites excluding steroid dienone is 3. The fourth-order valence-electron chi connectivity index (χ4n) is 0.709. The van der Waals surface area contributed by atoms with Crippen LogP contribution in [0.5, 0.6) is 0 Å². The van der Waals surface area contributed by atoms with Gasteiger partial charge in [-0.05, 0) is 6.92 Å². The lowest BCUT2D eigenvalue weighted by Gasteiger charge is -2.02. The van der Waals surface area contributed by atoms with Crippen LogP contribution >= 0.6 is 0 Å². The van der Waals surface area contributed by atoms with Crippen LogP contribution in [0.1, 0.15) is 20.8 Å². The van der Waals surface area contributed by atoms with Gasteiger partial charge in [0.05, 0.1) is 0 Å². The molecule has 2 nitrogen and oxygen atoms in total. The van der Waals surface area contributed by atoms with Crippen molar-refractivity contribution in [2.24, 2.45) is 10.9 Å². The Morgan fingerprint density at radius 2 is 2.08 bits per heavy atom. The number of aliphatic imine (C=N–C) groups is 1. The van der Waals surface area contributed by atoms with Gasteiger partial charge >= 0.3 is 0 Å². The first-order chi connectivity index (χ1) is 5.63. The molecular weight excluding hydrogens is 150 g/mol. The van der Waals surface area contributed by atoms with Crippen molar-refractivity contribution >= 4 is 12.0 Å². The first kappa shape index (κ1) is 10.8. The summed E-state index contributed by atoms with van der Waals surface area (Å²) in [6, 6.07) is 0. The maximum Gasteiger partial charge on any atom is 0.183 e. The molecule has 0 fully saturated rings. The summed E-state index contributed by atoms with van der Waals surface area (Å²) in [6.45, 7) is 9.00. The summed E-state index contributed by atoms with van der Waals surface area (Å²) < 4.78 is 0. The van der Waals surface area contributed by atoms with Crippen LogP contribution in [0.25, 0.3) is 0 Å². The third-order valence-corrected chi connectivity index (χ3v) is 1.37. The maximum absolute atomic E-state index is 11.4. The molecule has 0 aromatic carbocycles. The standard InChI is InChI=1S/C10H15NO/c1-5-7-11-9(6-2)10(12)8(3)4/h5-8H,1H2,2-4H3/b9-6+,11-7?. The second kappa shape index (κ2) is 5.47. The predicted octanol–water partition coefficient (Wildman–Crippen LogP) is 2.37. The Labute approximate surface area is 73.7 Å². The van der Waals surface area contributed by atoms with Crippen molar-refractivity contribution in [1.29, 1.82) is 0 Å². The number of hydrogen-bond donors (Lipinski definition) is 0. The van der Waals surface area contributed by atoms with Crippen molar-refractivity contribution in [3.8, 4) is 0 Å². The molecule has 0 aromatic heterocycles. The molecule has 0 aliphatic heterocycles. The molecule has 0 atom stereocenters. The van der Waals surface area contributed by atoms with Crippen molar-refractivity contribution in [2.45, 2.75) is 20.8 Å². The van der Waals surface area contributed by atoms with Gasteiger partial charge in [0.1, 0.15) is 5.70 Å². The third kappa shape index (κ3) is 3.28. The van der Waals surface area contributed by atoms with Crippen LogP contribution in [0.15, 0.2) is 29.4 Å². The Bertz CT molecular complexity index is 224. The molecule has 0 heterocycles. The van der Waals surface area contributed by atoms with Crippen molar-refractivity contribution in [2.75, 3.05) is 0 Å². The van der Waals surface area contributed by atoms with Gasteiger partial charge in [0.25, 0.3) is 0 Å².